The molecule has 0 radical (unpaired) electrons. The van der Waals surface area contributed by atoms with E-state index in [-0.39, 0.29) is 24.0 Å². The van der Waals surface area contributed by atoms with Crippen molar-refractivity contribution in [1.82, 2.24) is 4.57 Å². The van der Waals surface area contributed by atoms with Gasteiger partial charge in [0.2, 0.25) is 15.9 Å². The third-order valence-corrected chi connectivity index (χ3v) is 5.28. The molecule has 6 nitrogen and oxygen atoms in total. The molecule has 0 bridgehead atoms. The van der Waals surface area contributed by atoms with Crippen LogP contribution >= 0.6 is 0 Å². The third-order valence-electron chi connectivity index (χ3n) is 4.34. The minimum absolute atomic E-state index is 0.0678. The van der Waals surface area contributed by atoms with Crippen LogP contribution in [-0.2, 0) is 14.8 Å². The Morgan fingerprint density at radius 3 is 2.38 bits per heavy atom. The summed E-state index contributed by atoms with van der Waals surface area (Å²) in [6.07, 6.45) is 0.211. The van der Waals surface area contributed by atoms with Crippen molar-refractivity contribution in [3.8, 4) is 5.69 Å². The summed E-state index contributed by atoms with van der Waals surface area (Å²) in [7, 11) is -3.57. The molecular weight excluding hydrogens is 326 g/mol. The van der Waals surface area contributed by atoms with E-state index >= 15 is 0 Å². The standard InChI is InChI=1S/C17H21N3O3S/c1-12-6-7-13(2)20(12)16-5-3-4-15(9-16)19-10-14(8-17(19)21)11-24(18,22)23/h3-7,9,14H,8,10-11H2,1-2H3,(H2,18,22,23). The molecule has 1 aliphatic heterocycles. The fraction of sp³-hybridized carbons (Fsp3) is 0.353. The third kappa shape index (κ3) is 3.37. The van der Waals surface area contributed by atoms with Gasteiger partial charge >= 0.3 is 0 Å². The first-order chi connectivity index (χ1) is 11.2. The number of aryl methyl sites for hydroxylation is 2. The zero-order valence-corrected chi connectivity index (χ0v) is 14.6. The van der Waals surface area contributed by atoms with E-state index < -0.39 is 10.0 Å². The van der Waals surface area contributed by atoms with Crippen molar-refractivity contribution < 1.29 is 13.2 Å². The molecule has 2 heterocycles. The lowest BCUT2D eigenvalue weighted by Crippen LogP contribution is -2.27. The highest BCUT2D eigenvalue weighted by molar-refractivity contribution is 7.89. The Morgan fingerprint density at radius 2 is 1.75 bits per heavy atom. The van der Waals surface area contributed by atoms with E-state index in [4.69, 9.17) is 5.14 Å². The zero-order valence-electron chi connectivity index (χ0n) is 13.8. The summed E-state index contributed by atoms with van der Waals surface area (Å²) in [5.41, 5.74) is 3.99. The molecule has 1 aliphatic rings. The average molecular weight is 347 g/mol. The minimum Gasteiger partial charge on any atom is -0.318 e. The Bertz CT molecular complexity index is 867. The molecule has 2 N–H and O–H groups in total. The van der Waals surface area contributed by atoms with Crippen molar-refractivity contribution in [3.63, 3.8) is 0 Å². The molecule has 1 atom stereocenters. The highest BCUT2D eigenvalue weighted by Gasteiger charge is 2.32. The second-order valence-corrected chi connectivity index (χ2v) is 8.03. The van der Waals surface area contributed by atoms with Crippen LogP contribution in [0.25, 0.3) is 5.69 Å². The number of hydrogen-bond donors (Lipinski definition) is 1. The molecule has 128 valence electrons. The van der Waals surface area contributed by atoms with Crippen molar-refractivity contribution in [1.29, 1.82) is 0 Å². The summed E-state index contributed by atoms with van der Waals surface area (Å²) in [4.78, 5) is 13.9. The predicted octanol–water partition coefficient (Wildman–Crippen LogP) is 1.74. The number of carbonyl (C=O) groups is 1. The first-order valence-electron chi connectivity index (χ1n) is 7.81. The molecule has 1 amide bonds. The first kappa shape index (κ1) is 16.7. The van der Waals surface area contributed by atoms with E-state index in [0.29, 0.717) is 6.54 Å². The zero-order chi connectivity index (χ0) is 17.5. The molecule has 24 heavy (non-hydrogen) atoms. The van der Waals surface area contributed by atoms with Gasteiger partial charge in [0.05, 0.1) is 5.75 Å². The Morgan fingerprint density at radius 1 is 1.12 bits per heavy atom. The van der Waals surface area contributed by atoms with E-state index in [1.807, 2.05) is 50.2 Å². The molecule has 2 aromatic rings. The highest BCUT2D eigenvalue weighted by atomic mass is 32.2. The largest absolute Gasteiger partial charge is 0.318 e. The second kappa shape index (κ2) is 6.07. The highest BCUT2D eigenvalue weighted by Crippen LogP contribution is 2.28. The van der Waals surface area contributed by atoms with Gasteiger partial charge in [0.15, 0.2) is 0 Å². The summed E-state index contributed by atoms with van der Waals surface area (Å²) in [6.45, 7) is 4.44. The lowest BCUT2D eigenvalue weighted by atomic mass is 10.1. The maximum Gasteiger partial charge on any atom is 0.227 e. The summed E-state index contributed by atoms with van der Waals surface area (Å²) in [6, 6.07) is 11.8. The van der Waals surface area contributed by atoms with Crippen LogP contribution in [0.5, 0.6) is 0 Å². The van der Waals surface area contributed by atoms with Crippen LogP contribution in [0, 0.1) is 19.8 Å². The lowest BCUT2D eigenvalue weighted by molar-refractivity contribution is -0.117. The van der Waals surface area contributed by atoms with Crippen LogP contribution in [0.3, 0.4) is 0 Å². The molecule has 3 rings (SSSR count). The maximum atomic E-state index is 12.3. The number of amides is 1. The SMILES string of the molecule is Cc1ccc(C)n1-c1cccc(N2CC(CS(N)(=O)=O)CC2=O)c1. The summed E-state index contributed by atoms with van der Waals surface area (Å²) >= 11 is 0. The first-order valence-corrected chi connectivity index (χ1v) is 9.52. The van der Waals surface area contributed by atoms with E-state index in [9.17, 15) is 13.2 Å². The number of rotatable bonds is 4. The van der Waals surface area contributed by atoms with Crippen molar-refractivity contribution in [2.24, 2.45) is 11.1 Å². The van der Waals surface area contributed by atoms with Crippen LogP contribution in [0.1, 0.15) is 17.8 Å². The van der Waals surface area contributed by atoms with Gasteiger partial charge < -0.3 is 9.47 Å². The topological polar surface area (TPSA) is 85.4 Å². The molecule has 0 saturated carbocycles. The number of primary sulfonamides is 1. The summed E-state index contributed by atoms with van der Waals surface area (Å²) in [5, 5.41) is 5.11. The van der Waals surface area contributed by atoms with E-state index in [2.05, 4.69) is 4.57 Å². The summed E-state index contributed by atoms with van der Waals surface area (Å²) in [5.74, 6) is -0.488. The van der Waals surface area contributed by atoms with Crippen LogP contribution < -0.4 is 10.0 Å². The van der Waals surface area contributed by atoms with Gasteiger partial charge in [0, 0.05) is 41.6 Å². The average Bonchev–Trinajstić information content (AvgIpc) is 3.00. The lowest BCUT2D eigenvalue weighted by Gasteiger charge is -2.19. The molecule has 1 aromatic carbocycles. The van der Waals surface area contributed by atoms with Gasteiger partial charge in [0.25, 0.3) is 0 Å². The number of nitrogens with zero attached hydrogens (tertiary/aromatic N) is 2. The number of sulfonamides is 1. The van der Waals surface area contributed by atoms with Crippen LogP contribution in [-0.4, -0.2) is 31.2 Å². The summed E-state index contributed by atoms with van der Waals surface area (Å²) < 4.78 is 24.6. The minimum atomic E-state index is -3.57. The number of aromatic nitrogens is 1. The van der Waals surface area contributed by atoms with Crippen molar-refractivity contribution in [3.05, 3.63) is 47.8 Å². The van der Waals surface area contributed by atoms with Crippen molar-refractivity contribution in [2.45, 2.75) is 20.3 Å². The van der Waals surface area contributed by atoms with Gasteiger partial charge in [-0.2, -0.15) is 0 Å². The molecule has 1 fully saturated rings. The number of anilines is 1. The smallest absolute Gasteiger partial charge is 0.227 e. The second-order valence-electron chi connectivity index (χ2n) is 6.38. The molecule has 7 heteroatoms. The quantitative estimate of drug-likeness (QED) is 0.914. The molecular formula is C17H21N3O3S. The Balaban J connectivity index is 1.88. The van der Waals surface area contributed by atoms with Crippen molar-refractivity contribution >= 4 is 21.6 Å². The van der Waals surface area contributed by atoms with Gasteiger partial charge in [0.1, 0.15) is 0 Å². The van der Waals surface area contributed by atoms with E-state index in [1.54, 1.807) is 4.90 Å². The normalized spacial score (nSPS) is 18.4. The number of benzene rings is 1. The predicted molar refractivity (Wildman–Crippen MR) is 93.7 cm³/mol. The molecule has 1 aromatic heterocycles. The van der Waals surface area contributed by atoms with Gasteiger partial charge in [-0.3, -0.25) is 4.79 Å². The number of carbonyl (C=O) groups excluding carboxylic acids is 1. The number of nitrogens with two attached hydrogens (primary N) is 1. The monoisotopic (exact) mass is 347 g/mol. The maximum absolute atomic E-state index is 12.3. The Hall–Kier alpha value is -2.12. The van der Waals surface area contributed by atoms with Crippen molar-refractivity contribution in [2.75, 3.05) is 17.2 Å². The molecule has 0 spiro atoms. The van der Waals surface area contributed by atoms with Gasteiger partial charge in [-0.15, -0.1) is 0 Å². The van der Waals surface area contributed by atoms with E-state index in [0.717, 1.165) is 22.8 Å². The molecule has 0 aliphatic carbocycles. The van der Waals surface area contributed by atoms with Gasteiger partial charge in [-0.25, -0.2) is 13.6 Å². The Labute approximate surface area is 141 Å². The fourth-order valence-electron chi connectivity index (χ4n) is 3.35. The fourth-order valence-corrected chi connectivity index (χ4v) is 4.23. The molecule has 1 saturated heterocycles. The van der Waals surface area contributed by atoms with Gasteiger partial charge in [-0.1, -0.05) is 6.07 Å². The number of hydrogen-bond acceptors (Lipinski definition) is 3. The van der Waals surface area contributed by atoms with Gasteiger partial charge in [-0.05, 0) is 44.2 Å². The Kier molecular flexibility index (Phi) is 4.23. The van der Waals surface area contributed by atoms with E-state index in [1.165, 1.54) is 0 Å². The van der Waals surface area contributed by atoms with Crippen LogP contribution in [0.2, 0.25) is 0 Å². The molecule has 1 unspecified atom stereocenters. The van der Waals surface area contributed by atoms with Crippen LogP contribution in [0.15, 0.2) is 36.4 Å². The van der Waals surface area contributed by atoms with Crippen LogP contribution in [0.4, 0.5) is 5.69 Å².